The molecule has 5 aromatic rings. The van der Waals surface area contributed by atoms with Crippen LogP contribution in [-0.4, -0.2) is 29.2 Å². The van der Waals surface area contributed by atoms with Gasteiger partial charge >= 0.3 is 5.97 Å². The first-order valence-electron chi connectivity index (χ1n) is 12.1. The van der Waals surface area contributed by atoms with E-state index in [1.54, 1.807) is 6.92 Å². The number of carbonyl (C=O) groups excluding carboxylic acids is 1. The summed E-state index contributed by atoms with van der Waals surface area (Å²) in [7, 11) is 0. The summed E-state index contributed by atoms with van der Waals surface area (Å²) in [6, 6.07) is 25.2. The van der Waals surface area contributed by atoms with Crippen molar-refractivity contribution in [3.63, 3.8) is 0 Å². The molecule has 178 valence electrons. The number of benzene rings is 3. The summed E-state index contributed by atoms with van der Waals surface area (Å²) in [5, 5.41) is 2.46. The van der Waals surface area contributed by atoms with E-state index in [0.717, 1.165) is 28.2 Å². The molecule has 0 aliphatic carbocycles. The second kappa shape index (κ2) is 9.71. The number of esters is 1. The van der Waals surface area contributed by atoms with E-state index in [9.17, 15) is 4.79 Å². The van der Waals surface area contributed by atoms with Crippen LogP contribution in [0, 0.1) is 13.8 Å². The van der Waals surface area contributed by atoms with E-state index in [1.165, 1.54) is 27.5 Å². The van der Waals surface area contributed by atoms with Gasteiger partial charge in [-0.25, -0.2) is 0 Å². The molecule has 0 saturated heterocycles. The van der Waals surface area contributed by atoms with Crippen LogP contribution in [0.4, 0.5) is 0 Å². The maximum absolute atomic E-state index is 11.6. The van der Waals surface area contributed by atoms with Crippen molar-refractivity contribution >= 4 is 27.8 Å². The molecule has 3 aromatic carbocycles. The highest BCUT2D eigenvalue weighted by molar-refractivity contribution is 5.90. The molecule has 0 fully saturated rings. The average molecular weight is 467 g/mol. The van der Waals surface area contributed by atoms with E-state index in [1.807, 2.05) is 12.1 Å². The molecule has 0 radical (unpaired) electrons. The van der Waals surface area contributed by atoms with Crippen LogP contribution in [0.3, 0.4) is 0 Å². The molecule has 0 saturated carbocycles. The number of fused-ring (bicyclic) bond motifs is 2. The minimum atomic E-state index is -0.242. The molecule has 0 bridgehead atoms. The lowest BCUT2D eigenvalue weighted by molar-refractivity contribution is -0.143. The molecular formula is C30H30N2O3. The van der Waals surface area contributed by atoms with Crippen LogP contribution in [0.1, 0.15) is 47.3 Å². The predicted octanol–water partition coefficient (Wildman–Crippen LogP) is 6.78. The van der Waals surface area contributed by atoms with Gasteiger partial charge < -0.3 is 19.4 Å². The summed E-state index contributed by atoms with van der Waals surface area (Å²) in [4.78, 5) is 18.8. The first-order chi connectivity index (χ1) is 17.1. The number of aromatic amines is 2. The second-order valence-electron chi connectivity index (χ2n) is 8.82. The molecule has 0 amide bonds. The van der Waals surface area contributed by atoms with Gasteiger partial charge in [0.05, 0.1) is 19.6 Å². The molecule has 2 aromatic heterocycles. The number of hydrogen-bond donors (Lipinski definition) is 2. The Morgan fingerprint density at radius 3 is 1.89 bits per heavy atom. The van der Waals surface area contributed by atoms with E-state index in [-0.39, 0.29) is 18.3 Å². The summed E-state index contributed by atoms with van der Waals surface area (Å²) < 4.78 is 10.8. The van der Waals surface area contributed by atoms with Gasteiger partial charge in [-0.05, 0) is 61.7 Å². The molecule has 0 aliphatic rings. The van der Waals surface area contributed by atoms with Crippen LogP contribution in [0.25, 0.3) is 21.8 Å². The summed E-state index contributed by atoms with van der Waals surface area (Å²) in [5.74, 6) is 0.535. The summed E-state index contributed by atoms with van der Waals surface area (Å²) in [5.41, 5.74) is 8.35. The Hall–Kier alpha value is -3.99. The molecule has 0 atom stereocenters. The van der Waals surface area contributed by atoms with E-state index < -0.39 is 0 Å². The quantitative estimate of drug-likeness (QED) is 0.248. The van der Waals surface area contributed by atoms with E-state index in [2.05, 4.69) is 84.5 Å². The van der Waals surface area contributed by atoms with Crippen molar-refractivity contribution in [1.82, 2.24) is 9.97 Å². The zero-order valence-corrected chi connectivity index (χ0v) is 20.4. The number of aryl methyl sites for hydroxylation is 2. The fourth-order valence-electron chi connectivity index (χ4n) is 5.06. The monoisotopic (exact) mass is 466 g/mol. The number of rotatable bonds is 8. The lowest BCUT2D eigenvalue weighted by Gasteiger charge is -2.20. The Kier molecular flexibility index (Phi) is 6.32. The molecule has 0 aliphatic heterocycles. The van der Waals surface area contributed by atoms with Gasteiger partial charge in [-0.3, -0.25) is 4.79 Å². The maximum atomic E-state index is 11.6. The van der Waals surface area contributed by atoms with Crippen LogP contribution in [-0.2, 0) is 9.53 Å². The number of nitrogens with one attached hydrogen (secondary N) is 2. The maximum Gasteiger partial charge on any atom is 0.309 e. The number of aromatic nitrogens is 2. The summed E-state index contributed by atoms with van der Waals surface area (Å²) >= 11 is 0. The Morgan fingerprint density at radius 1 is 0.800 bits per heavy atom. The summed E-state index contributed by atoms with van der Waals surface area (Å²) in [6.45, 7) is 6.79. The van der Waals surface area contributed by atoms with Gasteiger partial charge in [0.15, 0.2) is 0 Å². The normalized spacial score (nSPS) is 11.4. The number of para-hydroxylation sites is 2. The van der Waals surface area contributed by atoms with Crippen LogP contribution in [0.5, 0.6) is 5.75 Å². The molecule has 2 heterocycles. The van der Waals surface area contributed by atoms with Gasteiger partial charge in [-0.15, -0.1) is 0 Å². The smallest absolute Gasteiger partial charge is 0.309 e. The second-order valence-corrected chi connectivity index (χ2v) is 8.82. The minimum absolute atomic E-state index is 0.0379. The lowest BCUT2D eigenvalue weighted by atomic mass is 9.82. The lowest BCUT2D eigenvalue weighted by Crippen LogP contribution is -2.09. The topological polar surface area (TPSA) is 67.1 Å². The highest BCUT2D eigenvalue weighted by Gasteiger charge is 2.27. The SMILES string of the molecule is CCOC(=O)CCOc1ccc(C(c2c(C)[nH]c3ccccc23)c2c(C)[nH]c3ccccc23)cc1. The standard InChI is InChI=1S/C30H30N2O3/c1-4-34-27(33)17-18-35-22-15-13-21(14-16-22)30(28-19(2)31-25-11-7-5-9-23(25)28)29-20(3)32-26-12-8-6-10-24(26)29/h5-16,30-32H,4,17-18H2,1-3H3. The van der Waals surface area contributed by atoms with Crippen LogP contribution in [0.2, 0.25) is 0 Å². The minimum Gasteiger partial charge on any atom is -0.493 e. The van der Waals surface area contributed by atoms with Gasteiger partial charge in [0, 0.05) is 39.1 Å². The van der Waals surface area contributed by atoms with Crippen LogP contribution in [0.15, 0.2) is 72.8 Å². The van der Waals surface area contributed by atoms with Gasteiger partial charge in [0.1, 0.15) is 5.75 Å². The van der Waals surface area contributed by atoms with E-state index in [0.29, 0.717) is 13.2 Å². The molecule has 5 heteroatoms. The van der Waals surface area contributed by atoms with Crippen molar-refractivity contribution in [3.8, 4) is 5.75 Å². The Balaban J connectivity index is 1.57. The third-order valence-corrected chi connectivity index (χ3v) is 6.56. The van der Waals surface area contributed by atoms with Crippen molar-refractivity contribution in [2.45, 2.75) is 33.1 Å². The first-order valence-corrected chi connectivity index (χ1v) is 12.1. The van der Waals surface area contributed by atoms with Crippen LogP contribution >= 0.6 is 0 Å². The zero-order chi connectivity index (χ0) is 24.4. The van der Waals surface area contributed by atoms with Crippen molar-refractivity contribution in [3.05, 3.63) is 101 Å². The number of carbonyl (C=O) groups is 1. The number of hydrogen-bond acceptors (Lipinski definition) is 3. The number of H-pyrrole nitrogens is 2. The Labute approximate surface area is 205 Å². The third-order valence-electron chi connectivity index (χ3n) is 6.56. The molecule has 2 N–H and O–H groups in total. The van der Waals surface area contributed by atoms with Gasteiger partial charge in [-0.2, -0.15) is 0 Å². The van der Waals surface area contributed by atoms with Gasteiger partial charge in [-0.1, -0.05) is 48.5 Å². The first kappa shape index (κ1) is 22.8. The van der Waals surface area contributed by atoms with Crippen molar-refractivity contribution in [1.29, 1.82) is 0 Å². The molecular weight excluding hydrogens is 436 g/mol. The van der Waals surface area contributed by atoms with Crippen LogP contribution < -0.4 is 4.74 Å². The van der Waals surface area contributed by atoms with Crippen molar-refractivity contribution < 1.29 is 14.3 Å². The molecule has 5 nitrogen and oxygen atoms in total. The zero-order valence-electron chi connectivity index (χ0n) is 20.4. The predicted molar refractivity (Wildman–Crippen MR) is 140 cm³/mol. The molecule has 5 rings (SSSR count). The molecule has 0 spiro atoms. The van der Waals surface area contributed by atoms with Gasteiger partial charge in [0.2, 0.25) is 0 Å². The molecule has 35 heavy (non-hydrogen) atoms. The summed E-state index contributed by atoms with van der Waals surface area (Å²) in [6.07, 6.45) is 0.237. The largest absolute Gasteiger partial charge is 0.493 e. The number of ether oxygens (including phenoxy) is 2. The third kappa shape index (κ3) is 4.42. The highest BCUT2D eigenvalue weighted by Crippen LogP contribution is 2.42. The fourth-order valence-corrected chi connectivity index (χ4v) is 5.06. The molecule has 0 unspecified atom stereocenters. The highest BCUT2D eigenvalue weighted by atomic mass is 16.5. The van der Waals surface area contributed by atoms with E-state index in [4.69, 9.17) is 9.47 Å². The van der Waals surface area contributed by atoms with E-state index >= 15 is 0 Å². The Morgan fingerprint density at radius 2 is 1.34 bits per heavy atom. The van der Waals surface area contributed by atoms with Crippen molar-refractivity contribution in [2.24, 2.45) is 0 Å². The van der Waals surface area contributed by atoms with Gasteiger partial charge in [0.25, 0.3) is 0 Å². The fraction of sp³-hybridized carbons (Fsp3) is 0.233. The average Bonchev–Trinajstić information content (AvgIpc) is 3.37. The van der Waals surface area contributed by atoms with Crippen molar-refractivity contribution in [2.75, 3.05) is 13.2 Å². The Bertz CT molecular complexity index is 1400.